The van der Waals surface area contributed by atoms with Crippen LogP contribution in [-0.2, 0) is 0 Å². The van der Waals surface area contributed by atoms with Gasteiger partial charge in [0, 0.05) is 33.2 Å². The minimum Gasteiger partial charge on any atom is -0.356 e. The largest absolute Gasteiger partial charge is 0.356 e. The molecule has 0 radical (unpaired) electrons. The zero-order chi connectivity index (χ0) is 17.7. The van der Waals surface area contributed by atoms with Gasteiger partial charge in [0.1, 0.15) is 0 Å². The van der Waals surface area contributed by atoms with Gasteiger partial charge in [-0.1, -0.05) is 38.5 Å². The van der Waals surface area contributed by atoms with Crippen molar-refractivity contribution in [3.63, 3.8) is 0 Å². The molecule has 0 amide bonds. The number of nitrogens with one attached hydrogen (secondary N) is 2. The third-order valence-electron chi connectivity index (χ3n) is 5.79. The molecule has 2 N–H and O–H groups in total. The van der Waals surface area contributed by atoms with Crippen molar-refractivity contribution in [2.24, 2.45) is 10.9 Å². The Kier molecular flexibility index (Phi) is 13.7. The van der Waals surface area contributed by atoms with E-state index in [1.54, 1.807) is 0 Å². The molecule has 26 heavy (non-hydrogen) atoms. The maximum atomic E-state index is 4.35. The number of guanidine groups is 1. The van der Waals surface area contributed by atoms with Crippen LogP contribution in [0.15, 0.2) is 4.99 Å². The molecule has 0 unspecified atom stereocenters. The number of hydrogen-bond donors (Lipinski definition) is 2. The second kappa shape index (κ2) is 14.9. The van der Waals surface area contributed by atoms with Crippen molar-refractivity contribution in [3.05, 3.63) is 0 Å². The van der Waals surface area contributed by atoms with E-state index in [1.165, 1.54) is 90.5 Å². The number of halogens is 1. The van der Waals surface area contributed by atoms with E-state index < -0.39 is 0 Å². The number of unbranched alkanes of at least 4 members (excludes halogenated alkanes) is 1. The number of likely N-dealkylation sites (N-methyl/N-ethyl adjacent to an activating group) is 1. The zero-order valence-corrected chi connectivity index (χ0v) is 19.5. The molecule has 0 atom stereocenters. The highest BCUT2D eigenvalue weighted by Gasteiger charge is 2.14. The summed E-state index contributed by atoms with van der Waals surface area (Å²) in [6, 6.07) is 0. The van der Waals surface area contributed by atoms with E-state index in [2.05, 4.69) is 32.5 Å². The molecule has 0 aromatic rings. The van der Waals surface area contributed by atoms with E-state index in [0.29, 0.717) is 0 Å². The Labute approximate surface area is 178 Å². The van der Waals surface area contributed by atoms with E-state index in [-0.39, 0.29) is 24.0 Å². The lowest BCUT2D eigenvalue weighted by Crippen LogP contribution is -2.39. The fourth-order valence-corrected chi connectivity index (χ4v) is 4.12. The third kappa shape index (κ3) is 10.3. The van der Waals surface area contributed by atoms with Gasteiger partial charge in [-0.3, -0.25) is 4.99 Å². The van der Waals surface area contributed by atoms with Gasteiger partial charge in [0.15, 0.2) is 5.96 Å². The Balaban J connectivity index is 0.00000338. The van der Waals surface area contributed by atoms with Crippen LogP contribution in [0.25, 0.3) is 0 Å². The minimum atomic E-state index is 0. The molecule has 1 aliphatic carbocycles. The first-order chi connectivity index (χ1) is 12.3. The van der Waals surface area contributed by atoms with Crippen molar-refractivity contribution in [3.8, 4) is 0 Å². The van der Waals surface area contributed by atoms with Crippen LogP contribution >= 0.6 is 24.0 Å². The van der Waals surface area contributed by atoms with Gasteiger partial charge < -0.3 is 20.4 Å². The smallest absolute Gasteiger partial charge is 0.190 e. The van der Waals surface area contributed by atoms with Crippen molar-refractivity contribution in [2.75, 3.05) is 59.9 Å². The summed E-state index contributed by atoms with van der Waals surface area (Å²) in [4.78, 5) is 9.39. The molecule has 2 rings (SSSR count). The van der Waals surface area contributed by atoms with E-state index in [4.69, 9.17) is 0 Å². The molecule has 1 heterocycles. The van der Waals surface area contributed by atoms with E-state index in [1.807, 2.05) is 7.05 Å². The van der Waals surface area contributed by atoms with Gasteiger partial charge in [-0.2, -0.15) is 0 Å². The summed E-state index contributed by atoms with van der Waals surface area (Å²) >= 11 is 0. The summed E-state index contributed by atoms with van der Waals surface area (Å²) in [6.45, 7) is 8.16. The normalized spacial score (nSPS) is 20.6. The highest BCUT2D eigenvalue weighted by atomic mass is 127. The van der Waals surface area contributed by atoms with Gasteiger partial charge in [0.05, 0.1) is 0 Å². The number of hydrogen-bond acceptors (Lipinski definition) is 3. The molecular weight excluding hydrogens is 437 g/mol. The fraction of sp³-hybridized carbons (Fsp3) is 0.950. The highest BCUT2D eigenvalue weighted by molar-refractivity contribution is 14.0. The van der Waals surface area contributed by atoms with Crippen LogP contribution in [-0.4, -0.2) is 75.7 Å². The summed E-state index contributed by atoms with van der Waals surface area (Å²) in [6.07, 6.45) is 12.4. The Morgan fingerprint density at radius 1 is 0.923 bits per heavy atom. The summed E-state index contributed by atoms with van der Waals surface area (Å²) in [5.41, 5.74) is 0. The second-order valence-electron chi connectivity index (χ2n) is 7.92. The van der Waals surface area contributed by atoms with Gasteiger partial charge in [-0.05, 0) is 51.9 Å². The monoisotopic (exact) mass is 479 g/mol. The van der Waals surface area contributed by atoms with E-state index in [9.17, 15) is 0 Å². The first-order valence-corrected chi connectivity index (χ1v) is 10.6. The van der Waals surface area contributed by atoms with Crippen LogP contribution < -0.4 is 10.6 Å². The molecule has 0 bridgehead atoms. The standard InChI is InChI=1S/C20H41N5.HI/c1-21-20(22-12-6-5-11-19-9-3-4-10-19)23-13-7-15-25-16-8-14-24(2)17-18-25;/h19H,3-18H2,1-2H3,(H2,21,22,23);1H. The summed E-state index contributed by atoms with van der Waals surface area (Å²) < 4.78 is 0. The second-order valence-corrected chi connectivity index (χ2v) is 7.92. The lowest BCUT2D eigenvalue weighted by atomic mass is 10.0. The van der Waals surface area contributed by atoms with Crippen molar-refractivity contribution < 1.29 is 0 Å². The van der Waals surface area contributed by atoms with Gasteiger partial charge in [-0.15, -0.1) is 24.0 Å². The summed E-state index contributed by atoms with van der Waals surface area (Å²) in [5.74, 6) is 1.99. The molecular formula is C20H42IN5. The predicted molar refractivity (Wildman–Crippen MR) is 124 cm³/mol. The minimum absolute atomic E-state index is 0. The Bertz CT molecular complexity index is 371. The van der Waals surface area contributed by atoms with Crippen LogP contribution in [0.3, 0.4) is 0 Å². The molecule has 1 aliphatic heterocycles. The van der Waals surface area contributed by atoms with Crippen molar-refractivity contribution in [1.82, 2.24) is 20.4 Å². The topological polar surface area (TPSA) is 42.9 Å². The van der Waals surface area contributed by atoms with Crippen LogP contribution in [0.1, 0.15) is 57.8 Å². The first-order valence-electron chi connectivity index (χ1n) is 10.6. The quantitative estimate of drug-likeness (QED) is 0.231. The SMILES string of the molecule is CN=C(NCCCCC1CCCC1)NCCCN1CCCN(C)CC1.I. The number of nitrogens with zero attached hydrogens (tertiary/aromatic N) is 3. The van der Waals surface area contributed by atoms with Gasteiger partial charge in [0.2, 0.25) is 0 Å². The van der Waals surface area contributed by atoms with Gasteiger partial charge in [0.25, 0.3) is 0 Å². The summed E-state index contributed by atoms with van der Waals surface area (Å²) in [5, 5.41) is 6.93. The Morgan fingerprint density at radius 2 is 1.65 bits per heavy atom. The molecule has 1 saturated carbocycles. The van der Waals surface area contributed by atoms with Crippen molar-refractivity contribution in [2.45, 2.75) is 57.8 Å². The molecule has 5 nitrogen and oxygen atoms in total. The molecule has 0 aromatic heterocycles. The summed E-state index contributed by atoms with van der Waals surface area (Å²) in [7, 11) is 4.10. The van der Waals surface area contributed by atoms with Crippen LogP contribution in [0.2, 0.25) is 0 Å². The lowest BCUT2D eigenvalue weighted by molar-refractivity contribution is 0.274. The molecule has 2 aliphatic rings. The number of aliphatic imine (C=N–C) groups is 1. The average molecular weight is 479 g/mol. The van der Waals surface area contributed by atoms with Crippen LogP contribution in [0.4, 0.5) is 0 Å². The van der Waals surface area contributed by atoms with Crippen molar-refractivity contribution >= 4 is 29.9 Å². The fourth-order valence-electron chi connectivity index (χ4n) is 4.12. The first kappa shape index (κ1) is 24.0. The maximum Gasteiger partial charge on any atom is 0.190 e. The molecule has 6 heteroatoms. The van der Waals surface area contributed by atoms with Crippen LogP contribution in [0, 0.1) is 5.92 Å². The maximum absolute atomic E-state index is 4.35. The van der Waals surface area contributed by atoms with E-state index in [0.717, 1.165) is 25.0 Å². The predicted octanol–water partition coefficient (Wildman–Crippen LogP) is 3.16. The Hall–Kier alpha value is -0.0800. The third-order valence-corrected chi connectivity index (χ3v) is 5.79. The van der Waals surface area contributed by atoms with Crippen molar-refractivity contribution in [1.29, 1.82) is 0 Å². The van der Waals surface area contributed by atoms with E-state index >= 15 is 0 Å². The lowest BCUT2D eigenvalue weighted by Gasteiger charge is -2.20. The molecule has 0 spiro atoms. The zero-order valence-electron chi connectivity index (χ0n) is 17.1. The molecule has 1 saturated heterocycles. The highest BCUT2D eigenvalue weighted by Crippen LogP contribution is 2.28. The molecule has 2 fully saturated rings. The number of rotatable bonds is 9. The van der Waals surface area contributed by atoms with Gasteiger partial charge in [-0.25, -0.2) is 0 Å². The molecule has 154 valence electrons. The average Bonchev–Trinajstić information content (AvgIpc) is 3.05. The molecule has 0 aromatic carbocycles. The van der Waals surface area contributed by atoms with Crippen LogP contribution in [0.5, 0.6) is 0 Å². The van der Waals surface area contributed by atoms with Gasteiger partial charge >= 0.3 is 0 Å². The Morgan fingerprint density at radius 3 is 2.38 bits per heavy atom.